The van der Waals surface area contributed by atoms with Crippen molar-refractivity contribution in [3.63, 3.8) is 0 Å². The molecule has 3 nitrogen and oxygen atoms in total. The Hall–Kier alpha value is -2.80. The lowest BCUT2D eigenvalue weighted by Gasteiger charge is -2.20. The normalized spacial score (nSPS) is 14.7. The first-order valence-electron chi connectivity index (χ1n) is 9.95. The van der Waals surface area contributed by atoms with Crippen LogP contribution in [0.15, 0.2) is 24.3 Å². The monoisotopic (exact) mass is 373 g/mol. The molecule has 0 bridgehead atoms. The third-order valence-corrected chi connectivity index (χ3v) is 5.68. The number of benzene rings is 1. The van der Waals surface area contributed by atoms with Gasteiger partial charge in [-0.2, -0.15) is 10.2 Å². The molecule has 1 saturated carbocycles. The van der Waals surface area contributed by atoms with Crippen LogP contribution in [0, 0.1) is 38.4 Å². The van der Waals surface area contributed by atoms with Crippen molar-refractivity contribution in [2.24, 2.45) is 0 Å². The lowest BCUT2D eigenvalue weighted by atomic mass is 9.86. The fourth-order valence-corrected chi connectivity index (χ4v) is 3.95. The molecule has 4 rings (SSSR count). The van der Waals surface area contributed by atoms with Gasteiger partial charge in [-0.3, -0.25) is 4.98 Å². The first-order chi connectivity index (χ1) is 13.5. The summed E-state index contributed by atoms with van der Waals surface area (Å²) < 4.78 is 14.8. The second-order valence-electron chi connectivity index (χ2n) is 7.77. The molecule has 142 valence electrons. The van der Waals surface area contributed by atoms with E-state index in [4.69, 9.17) is 0 Å². The predicted octanol–water partition coefficient (Wildman–Crippen LogP) is 5.54. The Labute approximate surface area is 165 Å². The average molecular weight is 373 g/mol. The summed E-state index contributed by atoms with van der Waals surface area (Å²) in [6, 6.07) is 7.16. The first-order valence-corrected chi connectivity index (χ1v) is 9.95. The molecule has 0 radical (unpaired) electrons. The van der Waals surface area contributed by atoms with E-state index in [9.17, 15) is 4.39 Å². The van der Waals surface area contributed by atoms with Crippen molar-refractivity contribution in [3.8, 4) is 11.8 Å². The number of halogens is 1. The van der Waals surface area contributed by atoms with E-state index in [2.05, 4.69) is 27.0 Å². The van der Waals surface area contributed by atoms with Gasteiger partial charge in [0.25, 0.3) is 0 Å². The lowest BCUT2D eigenvalue weighted by Crippen LogP contribution is -2.07. The van der Waals surface area contributed by atoms with Crippen LogP contribution >= 0.6 is 0 Å². The Balaban J connectivity index is 1.69. The molecular formula is C24H24FN3. The third kappa shape index (κ3) is 3.75. The number of nitrogens with zero attached hydrogens (tertiary/aromatic N) is 3. The molecular weight excluding hydrogens is 349 g/mol. The third-order valence-electron chi connectivity index (χ3n) is 5.68. The van der Waals surface area contributed by atoms with E-state index in [0.717, 1.165) is 41.1 Å². The minimum absolute atomic E-state index is 0.285. The standard InChI is InChI=1S/C24H24FN3/c1-15-11-20(16(2)17(3)26-15)10-9-18-12-22(25)21-14-23(27-28-24(21)13-18)19-7-5-4-6-8-19/h11-14,19H,4-8H2,1-3H3. The van der Waals surface area contributed by atoms with Crippen LogP contribution in [0.2, 0.25) is 0 Å². The topological polar surface area (TPSA) is 38.7 Å². The highest BCUT2D eigenvalue weighted by molar-refractivity contribution is 5.80. The van der Waals surface area contributed by atoms with Gasteiger partial charge in [-0.25, -0.2) is 4.39 Å². The summed E-state index contributed by atoms with van der Waals surface area (Å²) in [4.78, 5) is 4.44. The van der Waals surface area contributed by atoms with Crippen molar-refractivity contribution in [3.05, 3.63) is 63.9 Å². The minimum atomic E-state index is -0.285. The highest BCUT2D eigenvalue weighted by atomic mass is 19.1. The molecule has 1 aliphatic carbocycles. The Bertz CT molecular complexity index is 1100. The highest BCUT2D eigenvalue weighted by Gasteiger charge is 2.18. The van der Waals surface area contributed by atoms with E-state index >= 15 is 0 Å². The van der Waals surface area contributed by atoms with Gasteiger partial charge in [-0.15, -0.1) is 0 Å². The van der Waals surface area contributed by atoms with Gasteiger partial charge in [0.05, 0.1) is 11.2 Å². The summed E-state index contributed by atoms with van der Waals surface area (Å²) >= 11 is 0. The van der Waals surface area contributed by atoms with Gasteiger partial charge in [0.15, 0.2) is 0 Å². The molecule has 2 heterocycles. The molecule has 1 aliphatic rings. The second kappa shape index (κ2) is 7.67. The molecule has 3 aromatic rings. The maximum atomic E-state index is 14.8. The van der Waals surface area contributed by atoms with Crippen LogP contribution in [0.1, 0.15) is 71.8 Å². The van der Waals surface area contributed by atoms with Crippen molar-refractivity contribution >= 4 is 10.9 Å². The molecule has 4 heteroatoms. The van der Waals surface area contributed by atoms with Gasteiger partial charge in [0.2, 0.25) is 0 Å². The summed E-state index contributed by atoms with van der Waals surface area (Å²) in [7, 11) is 0. The van der Waals surface area contributed by atoms with Crippen LogP contribution in [0.3, 0.4) is 0 Å². The molecule has 0 N–H and O–H groups in total. The molecule has 2 aromatic heterocycles. The average Bonchev–Trinajstić information content (AvgIpc) is 2.70. The van der Waals surface area contributed by atoms with Gasteiger partial charge < -0.3 is 0 Å². The van der Waals surface area contributed by atoms with Gasteiger partial charge in [0.1, 0.15) is 5.82 Å². The largest absolute Gasteiger partial charge is 0.258 e. The van der Waals surface area contributed by atoms with Crippen LogP contribution in [0.4, 0.5) is 4.39 Å². The van der Waals surface area contributed by atoms with Gasteiger partial charge in [-0.1, -0.05) is 31.1 Å². The minimum Gasteiger partial charge on any atom is -0.258 e. The summed E-state index contributed by atoms with van der Waals surface area (Å²) in [5.74, 6) is 6.37. The van der Waals surface area contributed by atoms with Gasteiger partial charge in [0, 0.05) is 33.8 Å². The number of pyridine rings is 1. The van der Waals surface area contributed by atoms with E-state index in [1.54, 1.807) is 0 Å². The van der Waals surface area contributed by atoms with E-state index in [1.807, 2.05) is 39.0 Å². The van der Waals surface area contributed by atoms with Crippen molar-refractivity contribution < 1.29 is 4.39 Å². The molecule has 0 saturated heterocycles. The maximum Gasteiger partial charge on any atom is 0.133 e. The summed E-state index contributed by atoms with van der Waals surface area (Å²) in [5, 5.41) is 9.24. The fourth-order valence-electron chi connectivity index (χ4n) is 3.95. The van der Waals surface area contributed by atoms with Crippen molar-refractivity contribution in [1.82, 2.24) is 15.2 Å². The zero-order valence-electron chi connectivity index (χ0n) is 16.6. The molecule has 28 heavy (non-hydrogen) atoms. The molecule has 0 aliphatic heterocycles. The Morgan fingerprint density at radius 3 is 2.50 bits per heavy atom. The summed E-state index contributed by atoms with van der Waals surface area (Å²) in [6.45, 7) is 5.93. The van der Waals surface area contributed by atoms with Crippen molar-refractivity contribution in [1.29, 1.82) is 0 Å². The van der Waals surface area contributed by atoms with Crippen LogP contribution in [-0.2, 0) is 0 Å². The molecule has 0 spiro atoms. The highest BCUT2D eigenvalue weighted by Crippen LogP contribution is 2.32. The van der Waals surface area contributed by atoms with Crippen LogP contribution in [0.5, 0.6) is 0 Å². The molecule has 1 fully saturated rings. The molecule has 0 atom stereocenters. The fraction of sp³-hybridized carbons (Fsp3) is 0.375. The van der Waals surface area contributed by atoms with Crippen molar-refractivity contribution in [2.75, 3.05) is 0 Å². The van der Waals surface area contributed by atoms with Crippen molar-refractivity contribution in [2.45, 2.75) is 58.8 Å². The van der Waals surface area contributed by atoms with E-state index < -0.39 is 0 Å². The number of hydrogen-bond acceptors (Lipinski definition) is 3. The molecule has 1 aromatic carbocycles. The van der Waals surface area contributed by atoms with Gasteiger partial charge in [-0.05, 0) is 63.4 Å². The van der Waals surface area contributed by atoms with Gasteiger partial charge >= 0.3 is 0 Å². The van der Waals surface area contributed by atoms with Crippen LogP contribution in [-0.4, -0.2) is 15.2 Å². The van der Waals surface area contributed by atoms with Crippen LogP contribution in [0.25, 0.3) is 10.9 Å². The summed E-state index contributed by atoms with van der Waals surface area (Å²) in [6.07, 6.45) is 5.96. The van der Waals surface area contributed by atoms with E-state index in [1.165, 1.54) is 25.3 Å². The predicted molar refractivity (Wildman–Crippen MR) is 110 cm³/mol. The summed E-state index contributed by atoms with van der Waals surface area (Å²) in [5.41, 5.74) is 5.95. The number of rotatable bonds is 1. The smallest absolute Gasteiger partial charge is 0.133 e. The van der Waals surface area contributed by atoms with E-state index in [-0.39, 0.29) is 5.82 Å². The Morgan fingerprint density at radius 1 is 0.929 bits per heavy atom. The quantitative estimate of drug-likeness (QED) is 0.526. The first kappa shape index (κ1) is 18.6. The van der Waals surface area contributed by atoms with Crippen LogP contribution < -0.4 is 0 Å². The molecule has 0 unspecified atom stereocenters. The maximum absolute atomic E-state index is 14.8. The lowest BCUT2D eigenvalue weighted by molar-refractivity contribution is 0.434. The number of aryl methyl sites for hydroxylation is 2. The molecule has 0 amide bonds. The Morgan fingerprint density at radius 2 is 1.71 bits per heavy atom. The Kier molecular flexibility index (Phi) is 5.09. The van der Waals surface area contributed by atoms with E-state index in [0.29, 0.717) is 22.4 Å². The number of fused-ring (bicyclic) bond motifs is 1. The zero-order valence-corrected chi connectivity index (χ0v) is 16.6. The zero-order chi connectivity index (χ0) is 19.7. The second-order valence-corrected chi connectivity index (χ2v) is 7.77. The number of hydrogen-bond donors (Lipinski definition) is 0. The SMILES string of the molecule is Cc1cc(C#Cc2cc(F)c3cc(C4CCCCC4)nnc3c2)c(C)c(C)n1. The number of aromatic nitrogens is 3.